The van der Waals surface area contributed by atoms with Gasteiger partial charge in [-0.2, -0.15) is 0 Å². The van der Waals surface area contributed by atoms with Crippen molar-refractivity contribution in [1.82, 2.24) is 25.8 Å². The Morgan fingerprint density at radius 2 is 1.41 bits per heavy atom. The van der Waals surface area contributed by atoms with Gasteiger partial charge in [0.1, 0.15) is 36.4 Å². The van der Waals surface area contributed by atoms with Gasteiger partial charge in [0.15, 0.2) is 6.10 Å². The maximum absolute atomic E-state index is 14.2. The van der Waals surface area contributed by atoms with E-state index in [-0.39, 0.29) is 59.2 Å². The van der Waals surface area contributed by atoms with Gasteiger partial charge in [-0.05, 0) is 64.0 Å². The molecule has 0 saturated heterocycles. The summed E-state index contributed by atoms with van der Waals surface area (Å²) in [6.45, 7) is 28.3. The molecular weight excluding hydrogens is 1080 g/mol. The summed E-state index contributed by atoms with van der Waals surface area (Å²) >= 11 is 0. The van der Waals surface area contributed by atoms with Crippen molar-refractivity contribution in [2.24, 2.45) is 17.8 Å². The number of hydrogen-bond donors (Lipinski definition) is 3. The Kier molecular flexibility index (Phi) is 39.4. The minimum Gasteiger partial charge on any atom is -0.620 e. The van der Waals surface area contributed by atoms with Gasteiger partial charge in [0.25, 0.3) is 5.91 Å². The fourth-order valence-corrected chi connectivity index (χ4v) is 6.87. The van der Waals surface area contributed by atoms with Crippen molar-refractivity contribution >= 4 is 47.6 Å². The molecule has 1 aliphatic heterocycles. The summed E-state index contributed by atoms with van der Waals surface area (Å²) in [7, 11) is 4.09. The smallest absolute Gasteiger partial charge is 0.620 e. The van der Waals surface area contributed by atoms with Crippen LogP contribution in [0.3, 0.4) is 0 Å². The summed E-state index contributed by atoms with van der Waals surface area (Å²) in [6.07, 6.45) is -0.335. The molecule has 9 unspecified atom stereocenters. The molecule has 0 aromatic heterocycles. The van der Waals surface area contributed by atoms with Crippen molar-refractivity contribution in [3.8, 4) is 0 Å². The zero-order chi connectivity index (χ0) is 53.7. The van der Waals surface area contributed by atoms with Gasteiger partial charge in [0.2, 0.25) is 29.7 Å². The number of cyclic esters (lactones) is 2. The second-order valence-corrected chi connectivity index (χ2v) is 16.8. The maximum atomic E-state index is 14.2. The van der Waals surface area contributed by atoms with Gasteiger partial charge in [-0.15, -0.1) is 7.05 Å². The normalized spacial score (nSPS) is 24.7. The molecule has 2 rings (SSSR count). The molecule has 17 nitrogen and oxygen atoms in total. The zero-order valence-electron chi connectivity index (χ0n) is 46.6. The number of hydrogen-bond acceptors (Lipinski definition) is 11. The number of rotatable bonds is 8. The number of benzene rings is 1. The van der Waals surface area contributed by atoms with Crippen LogP contribution in [0.25, 0.3) is 5.32 Å². The van der Waals surface area contributed by atoms with E-state index in [2.05, 4.69) is 21.3 Å². The quantitative estimate of drug-likeness (QED) is 0.0983. The van der Waals surface area contributed by atoms with Crippen molar-refractivity contribution in [1.29, 1.82) is 0 Å². The van der Waals surface area contributed by atoms with E-state index in [9.17, 15) is 38.4 Å². The van der Waals surface area contributed by atoms with E-state index in [1.807, 2.05) is 68.4 Å². The first kappa shape index (κ1) is 72.5. The number of esters is 2. The first-order valence-electron chi connectivity index (χ1n) is 24.5. The largest absolute Gasteiger partial charge is 2.00 e. The van der Waals surface area contributed by atoms with Crippen molar-refractivity contribution in [2.75, 3.05) is 27.7 Å². The second kappa shape index (κ2) is 38.6. The van der Waals surface area contributed by atoms with E-state index in [0.717, 1.165) is 10.5 Å². The number of likely N-dealkylation sites (N-methyl/N-ethyl adjacent to an activating group) is 2. The van der Waals surface area contributed by atoms with Gasteiger partial charge in [-0.1, -0.05) is 125 Å². The van der Waals surface area contributed by atoms with Gasteiger partial charge in [-0.3, -0.25) is 28.8 Å². The molecule has 6 amide bonds. The second-order valence-electron chi connectivity index (χ2n) is 16.8. The molecule has 0 bridgehead atoms. The number of nitrogens with zero attached hydrogens (tertiary/aromatic N) is 3. The minimum absolute atomic E-state index is 0. The molecule has 1 aromatic rings. The Labute approximate surface area is 441 Å². The molecule has 0 aliphatic carbocycles. The summed E-state index contributed by atoms with van der Waals surface area (Å²) in [5.41, 5.74) is 1.42. The third kappa shape index (κ3) is 24.8. The third-order valence-corrected chi connectivity index (χ3v) is 11.2. The Bertz CT molecular complexity index is 1840. The van der Waals surface area contributed by atoms with Crippen LogP contribution < -0.4 is 16.0 Å². The summed E-state index contributed by atoms with van der Waals surface area (Å²) in [5.74, 6) is -6.13. The first-order chi connectivity index (χ1) is 32.6. The molecule has 0 radical (unpaired) electrons. The molecule has 1 aromatic carbocycles. The van der Waals surface area contributed by atoms with Crippen LogP contribution in [0.5, 0.6) is 0 Å². The third-order valence-electron chi connectivity index (χ3n) is 11.2. The Hall–Kier alpha value is -5.05. The summed E-state index contributed by atoms with van der Waals surface area (Å²) in [4.78, 5) is 111. The van der Waals surface area contributed by atoms with Crippen LogP contribution in [-0.2, 0) is 75.3 Å². The van der Waals surface area contributed by atoms with Gasteiger partial charge < -0.3 is 52.7 Å². The number of amides is 6. The molecule has 71 heavy (non-hydrogen) atoms. The van der Waals surface area contributed by atoms with E-state index in [1.54, 1.807) is 58.0 Å². The van der Waals surface area contributed by atoms with E-state index >= 15 is 0 Å². The van der Waals surface area contributed by atoms with Crippen molar-refractivity contribution in [3.05, 3.63) is 71.9 Å². The predicted octanol–water partition coefficient (Wildman–Crippen LogP) is 7.91. The summed E-state index contributed by atoms with van der Waals surface area (Å²) in [6, 6.07) is 4.37. The Morgan fingerprint density at radius 3 is 1.92 bits per heavy atom. The average molecular weight is 1170 g/mol. The van der Waals surface area contributed by atoms with Crippen LogP contribution in [0.1, 0.15) is 136 Å². The molecule has 3 N–H and O–H groups in total. The number of nitrogens with one attached hydrogen (secondary N) is 3. The van der Waals surface area contributed by atoms with E-state index < -0.39 is 108 Å². The fourth-order valence-electron chi connectivity index (χ4n) is 6.87. The topological polar surface area (TPSA) is 221 Å². The maximum Gasteiger partial charge on any atom is 2.00 e. The Balaban J connectivity index is -0.00000269. The molecule has 1 aliphatic rings. The van der Waals surface area contributed by atoms with Crippen LogP contribution in [0.2, 0.25) is 0 Å². The SMILES string of the molecule is C/C=C(\C)C1OC(=O)C(C)NC(=O)C(C(C)CC)NC(=O)CN(C)C(=O)C(Cc2ccccc2)N(C)C(=O)C(C)NC(=O)C(CC(C)C)OC(=O)/C(C)=C/CC(OC(=O)[N-]C)C1C.CC.CC.CC.[CH3-].[W+2]. The molecule has 18 heteroatoms. The minimum atomic E-state index is -1.30. The van der Waals surface area contributed by atoms with E-state index in [0.29, 0.717) is 12.0 Å². The molecule has 9 atom stereocenters. The molecular formula is C53H90N6O11W. The molecule has 1 heterocycles. The number of allylic oxidation sites excluding steroid dienone is 1. The monoisotopic (exact) mass is 1170 g/mol. The summed E-state index contributed by atoms with van der Waals surface area (Å²) in [5, 5.41) is 11.6. The van der Waals surface area contributed by atoms with Crippen LogP contribution in [-0.4, -0.2) is 128 Å². The molecule has 0 saturated carbocycles. The fraction of sp³-hybridized carbons (Fsp3) is 0.642. The van der Waals surface area contributed by atoms with Crippen LogP contribution >= 0.6 is 0 Å². The van der Waals surface area contributed by atoms with Gasteiger partial charge in [0, 0.05) is 38.4 Å². The van der Waals surface area contributed by atoms with Crippen molar-refractivity contribution in [3.63, 3.8) is 0 Å². The zero-order valence-corrected chi connectivity index (χ0v) is 49.5. The number of ether oxygens (including phenoxy) is 3. The molecule has 0 spiro atoms. The van der Waals surface area contributed by atoms with Crippen LogP contribution in [0, 0.1) is 25.2 Å². The van der Waals surface area contributed by atoms with E-state index in [1.165, 1.54) is 52.9 Å². The Morgan fingerprint density at radius 1 is 0.859 bits per heavy atom. The van der Waals surface area contributed by atoms with Crippen molar-refractivity contribution in [2.45, 2.75) is 179 Å². The van der Waals surface area contributed by atoms with Gasteiger partial charge >= 0.3 is 33.0 Å². The standard InChI is InChI=1S/C46H70N6O11.3C2H6.CH3.W/c1-14-27(5)38-41(55)49-32(10)45(59)63-39(28(6)15-2)30(8)35(62-46(60)47-11)22-21-29(7)44(58)61-36(23-26(3)4)40(54)48-31(9)42(56)52(13)34(24-33-19-17-16-18-20-33)43(57)51(12)25-37(53)50-38;3*1-2;;/h15-21,26-27,30-32,34-36,38-39H,14,22-25H2,1-13H3,(H4,47,48,49,50,53,54,55,60);3*1-2H3;1H3;/q;;;;-1;+2/p-1/b28-15+,29-21+;;;;;. The summed E-state index contributed by atoms with van der Waals surface area (Å²) < 4.78 is 17.4. The first-order valence-corrected chi connectivity index (χ1v) is 24.5. The number of carbonyl (C=O) groups excluding carboxylic acids is 8. The predicted molar refractivity (Wildman–Crippen MR) is 277 cm³/mol. The van der Waals surface area contributed by atoms with Gasteiger partial charge in [0.05, 0.1) is 6.54 Å². The van der Waals surface area contributed by atoms with Crippen molar-refractivity contribution < 1.29 is 73.6 Å². The molecule has 0 fully saturated rings. The number of carbonyl (C=O) groups is 8. The van der Waals surface area contributed by atoms with Crippen LogP contribution in [0.4, 0.5) is 4.79 Å². The van der Waals surface area contributed by atoms with Gasteiger partial charge in [-0.25, -0.2) is 9.59 Å². The average Bonchev–Trinajstić information content (AvgIpc) is 3.34. The van der Waals surface area contributed by atoms with E-state index in [4.69, 9.17) is 14.2 Å². The van der Waals surface area contributed by atoms with Crippen LogP contribution in [0.15, 0.2) is 53.6 Å². The molecule has 404 valence electrons.